The van der Waals surface area contributed by atoms with E-state index in [1.165, 1.54) is 24.3 Å². The normalized spacial score (nSPS) is 11.1. The summed E-state index contributed by atoms with van der Waals surface area (Å²) in [7, 11) is 0. The Bertz CT molecular complexity index is 1080. The highest BCUT2D eigenvalue weighted by Gasteiger charge is 2.12. The molecule has 1 heterocycles. The highest BCUT2D eigenvalue weighted by Crippen LogP contribution is 2.30. The molecule has 3 rings (SSSR count). The van der Waals surface area contributed by atoms with E-state index in [-0.39, 0.29) is 11.3 Å². The second-order valence-electron chi connectivity index (χ2n) is 5.47. The number of nitriles is 1. The van der Waals surface area contributed by atoms with Gasteiger partial charge in [0.1, 0.15) is 29.0 Å². The molecule has 1 aromatic heterocycles. The number of rotatable bonds is 4. The van der Waals surface area contributed by atoms with Crippen LogP contribution in [0.25, 0.3) is 17.4 Å². The molecule has 0 saturated carbocycles. The summed E-state index contributed by atoms with van der Waals surface area (Å²) in [6.45, 7) is 0. The van der Waals surface area contributed by atoms with Gasteiger partial charge in [0, 0.05) is 17.3 Å². The lowest BCUT2D eigenvalue weighted by Crippen LogP contribution is -2.13. The quantitative estimate of drug-likeness (QED) is 0.435. The maximum absolute atomic E-state index is 13.2. The summed E-state index contributed by atoms with van der Waals surface area (Å²) in [4.78, 5) is 12.2. The molecule has 2 aromatic carbocycles. The number of carbonyl (C=O) groups excluding carboxylic acids is 1. The summed E-state index contributed by atoms with van der Waals surface area (Å²) in [5.41, 5.74) is 0.762. The van der Waals surface area contributed by atoms with Gasteiger partial charge in [-0.15, -0.1) is 0 Å². The van der Waals surface area contributed by atoms with E-state index >= 15 is 0 Å². The number of carbonyl (C=O) groups is 1. The number of furan rings is 1. The minimum absolute atomic E-state index is 0.186. The fourth-order valence-electron chi connectivity index (χ4n) is 2.29. The van der Waals surface area contributed by atoms with Crippen LogP contribution < -0.4 is 5.32 Å². The summed E-state index contributed by atoms with van der Waals surface area (Å²) in [5, 5.41) is 12.5. The minimum Gasteiger partial charge on any atom is -0.457 e. The van der Waals surface area contributed by atoms with Crippen LogP contribution in [-0.2, 0) is 4.79 Å². The second-order valence-corrected chi connectivity index (χ2v) is 6.28. The van der Waals surface area contributed by atoms with Crippen molar-refractivity contribution in [1.29, 1.82) is 5.26 Å². The van der Waals surface area contributed by atoms with Crippen LogP contribution in [0.2, 0.25) is 10.0 Å². The van der Waals surface area contributed by atoms with Crippen LogP contribution >= 0.6 is 23.2 Å². The third kappa shape index (κ3) is 4.56. The lowest BCUT2D eigenvalue weighted by Gasteiger charge is -2.03. The summed E-state index contributed by atoms with van der Waals surface area (Å²) < 4.78 is 18.8. The minimum atomic E-state index is -0.671. The molecule has 0 fully saturated rings. The molecule has 0 unspecified atom stereocenters. The van der Waals surface area contributed by atoms with E-state index in [0.717, 1.165) is 6.07 Å². The maximum atomic E-state index is 13.2. The zero-order chi connectivity index (χ0) is 19.4. The monoisotopic (exact) mass is 400 g/mol. The first-order valence-electron chi connectivity index (χ1n) is 7.70. The van der Waals surface area contributed by atoms with E-state index in [4.69, 9.17) is 27.6 Å². The van der Waals surface area contributed by atoms with E-state index in [0.29, 0.717) is 27.1 Å². The van der Waals surface area contributed by atoms with E-state index < -0.39 is 11.7 Å². The van der Waals surface area contributed by atoms with Crippen LogP contribution in [0.3, 0.4) is 0 Å². The molecule has 0 atom stereocenters. The molecule has 134 valence electrons. The summed E-state index contributed by atoms with van der Waals surface area (Å²) in [6, 6.07) is 15.5. The van der Waals surface area contributed by atoms with Crippen molar-refractivity contribution in [2.24, 2.45) is 0 Å². The van der Waals surface area contributed by atoms with Crippen molar-refractivity contribution in [3.05, 3.63) is 81.8 Å². The standard InChI is InChI=1S/C20H11Cl2FN2O2/c21-17-6-4-12(9-18(17)22)19-7-5-16(27-19)8-13(11-24)20(26)25-15-3-1-2-14(23)10-15/h1-10H,(H,25,26)/b13-8+. The van der Waals surface area contributed by atoms with Gasteiger partial charge in [0.2, 0.25) is 0 Å². The highest BCUT2D eigenvalue weighted by atomic mass is 35.5. The molecule has 0 radical (unpaired) electrons. The molecule has 0 saturated heterocycles. The van der Waals surface area contributed by atoms with Crippen molar-refractivity contribution in [2.75, 3.05) is 5.32 Å². The molecule has 7 heteroatoms. The van der Waals surface area contributed by atoms with Gasteiger partial charge in [0.05, 0.1) is 10.0 Å². The van der Waals surface area contributed by atoms with Crippen LogP contribution in [0.1, 0.15) is 5.76 Å². The molecule has 1 N–H and O–H groups in total. The zero-order valence-corrected chi connectivity index (χ0v) is 15.2. The summed E-state index contributed by atoms with van der Waals surface area (Å²) in [5.74, 6) is -0.354. The average molecular weight is 401 g/mol. The van der Waals surface area contributed by atoms with Gasteiger partial charge in [0.25, 0.3) is 5.91 Å². The lowest BCUT2D eigenvalue weighted by molar-refractivity contribution is -0.112. The highest BCUT2D eigenvalue weighted by molar-refractivity contribution is 6.42. The van der Waals surface area contributed by atoms with E-state index in [2.05, 4.69) is 5.32 Å². The Morgan fingerprint density at radius 2 is 1.93 bits per heavy atom. The lowest BCUT2D eigenvalue weighted by atomic mass is 10.2. The number of benzene rings is 2. The fraction of sp³-hybridized carbons (Fsp3) is 0. The number of nitrogens with zero attached hydrogens (tertiary/aromatic N) is 1. The van der Waals surface area contributed by atoms with Crippen molar-refractivity contribution < 1.29 is 13.6 Å². The predicted octanol–water partition coefficient (Wildman–Crippen LogP) is 5.94. The number of anilines is 1. The molecule has 0 spiro atoms. The predicted molar refractivity (Wildman–Crippen MR) is 103 cm³/mol. The third-order valence-corrected chi connectivity index (χ3v) is 4.30. The number of nitrogens with one attached hydrogen (secondary N) is 1. The molecule has 1 amide bonds. The molecule has 27 heavy (non-hydrogen) atoms. The molecule has 0 aliphatic carbocycles. The van der Waals surface area contributed by atoms with Crippen LogP contribution in [-0.4, -0.2) is 5.91 Å². The van der Waals surface area contributed by atoms with Gasteiger partial charge in [-0.2, -0.15) is 5.26 Å². The molecule has 0 bridgehead atoms. The number of hydrogen-bond acceptors (Lipinski definition) is 3. The fourth-order valence-corrected chi connectivity index (χ4v) is 2.59. The van der Waals surface area contributed by atoms with Crippen LogP contribution in [0.4, 0.5) is 10.1 Å². The van der Waals surface area contributed by atoms with Gasteiger partial charge < -0.3 is 9.73 Å². The SMILES string of the molecule is N#C/C(=C\c1ccc(-c2ccc(Cl)c(Cl)c2)o1)C(=O)Nc1cccc(F)c1. The van der Waals surface area contributed by atoms with Gasteiger partial charge in [-0.25, -0.2) is 4.39 Å². The maximum Gasteiger partial charge on any atom is 0.266 e. The smallest absolute Gasteiger partial charge is 0.266 e. The topological polar surface area (TPSA) is 66.0 Å². The Labute approximate surface area is 164 Å². The van der Waals surface area contributed by atoms with E-state index in [1.807, 2.05) is 6.07 Å². The van der Waals surface area contributed by atoms with Gasteiger partial charge >= 0.3 is 0 Å². The first-order chi connectivity index (χ1) is 13.0. The van der Waals surface area contributed by atoms with Crippen LogP contribution in [0, 0.1) is 17.1 Å². The number of halogens is 3. The van der Waals surface area contributed by atoms with Crippen LogP contribution in [0.15, 0.2) is 64.6 Å². The van der Waals surface area contributed by atoms with Crippen molar-refractivity contribution in [2.45, 2.75) is 0 Å². The van der Waals surface area contributed by atoms with Crippen LogP contribution in [0.5, 0.6) is 0 Å². The first kappa shape index (κ1) is 18.7. The second kappa shape index (κ2) is 8.09. The molecule has 3 aromatic rings. The van der Waals surface area contributed by atoms with Crippen molar-refractivity contribution >= 4 is 40.9 Å². The Kier molecular flexibility index (Phi) is 5.60. The Balaban J connectivity index is 1.82. The third-order valence-electron chi connectivity index (χ3n) is 3.57. The van der Waals surface area contributed by atoms with E-state index in [9.17, 15) is 14.4 Å². The number of hydrogen-bond donors (Lipinski definition) is 1. The van der Waals surface area contributed by atoms with Crippen molar-refractivity contribution in [3.8, 4) is 17.4 Å². The molecular weight excluding hydrogens is 390 g/mol. The van der Waals surface area contributed by atoms with Gasteiger partial charge in [-0.05, 0) is 48.5 Å². The molecular formula is C20H11Cl2FN2O2. The largest absolute Gasteiger partial charge is 0.457 e. The Morgan fingerprint density at radius 1 is 1.11 bits per heavy atom. The summed E-state index contributed by atoms with van der Waals surface area (Å²) in [6.07, 6.45) is 1.30. The Morgan fingerprint density at radius 3 is 2.63 bits per heavy atom. The molecule has 0 aliphatic rings. The Hall–Kier alpha value is -3.07. The number of amides is 1. The zero-order valence-electron chi connectivity index (χ0n) is 13.7. The molecule has 0 aliphatic heterocycles. The van der Waals surface area contributed by atoms with Crippen molar-refractivity contribution in [1.82, 2.24) is 0 Å². The van der Waals surface area contributed by atoms with Gasteiger partial charge in [-0.1, -0.05) is 29.3 Å². The van der Waals surface area contributed by atoms with Gasteiger partial charge in [-0.3, -0.25) is 4.79 Å². The first-order valence-corrected chi connectivity index (χ1v) is 8.46. The van der Waals surface area contributed by atoms with E-state index in [1.54, 1.807) is 30.3 Å². The van der Waals surface area contributed by atoms with Crippen molar-refractivity contribution in [3.63, 3.8) is 0 Å². The average Bonchev–Trinajstić information content (AvgIpc) is 3.10. The van der Waals surface area contributed by atoms with Gasteiger partial charge in [0.15, 0.2) is 0 Å². The molecule has 4 nitrogen and oxygen atoms in total. The summed E-state index contributed by atoms with van der Waals surface area (Å²) >= 11 is 11.9.